The summed E-state index contributed by atoms with van der Waals surface area (Å²) in [6, 6.07) is 7.79. The van der Waals surface area contributed by atoms with E-state index in [1.54, 1.807) is 0 Å². The number of benzene rings is 1. The van der Waals surface area contributed by atoms with Gasteiger partial charge in [-0.2, -0.15) is 0 Å². The second-order valence-corrected chi connectivity index (χ2v) is 6.43. The zero-order valence-corrected chi connectivity index (χ0v) is 13.8. The topological polar surface area (TPSA) is 47.6 Å². The van der Waals surface area contributed by atoms with Crippen LogP contribution in [0.1, 0.15) is 40.2 Å². The van der Waals surface area contributed by atoms with Crippen LogP contribution in [0.3, 0.4) is 0 Å². The molecular weight excluding hydrogens is 277 g/mol. The molecule has 5 heteroatoms. The zero-order chi connectivity index (χ0) is 16.4. The van der Waals surface area contributed by atoms with Crippen LogP contribution in [-0.2, 0) is 14.1 Å². The molecule has 1 aliphatic heterocycles. The van der Waals surface area contributed by atoms with Gasteiger partial charge in [-0.25, -0.2) is 0 Å². The average Bonchev–Trinajstić information content (AvgIpc) is 2.64. The van der Waals surface area contributed by atoms with Crippen LogP contribution in [0.2, 0.25) is 0 Å². The van der Waals surface area contributed by atoms with E-state index in [0.717, 1.165) is 11.0 Å². The SMILES string of the molecule is CC(=O)NCC#Cc1cccc(B2OC(C)(C)C(C)(C)O2)c1. The van der Waals surface area contributed by atoms with E-state index in [-0.39, 0.29) is 24.2 Å². The molecule has 0 spiro atoms. The highest BCUT2D eigenvalue weighted by atomic mass is 16.7. The molecule has 0 radical (unpaired) electrons. The van der Waals surface area contributed by atoms with Crippen molar-refractivity contribution in [3.05, 3.63) is 29.8 Å². The van der Waals surface area contributed by atoms with E-state index in [1.807, 2.05) is 52.0 Å². The van der Waals surface area contributed by atoms with Gasteiger partial charge in [0.1, 0.15) is 0 Å². The van der Waals surface area contributed by atoms with Gasteiger partial charge in [0, 0.05) is 12.5 Å². The smallest absolute Gasteiger partial charge is 0.399 e. The number of carbonyl (C=O) groups excluding carboxylic acids is 1. The molecule has 0 bridgehead atoms. The van der Waals surface area contributed by atoms with Crippen LogP contribution in [-0.4, -0.2) is 30.8 Å². The van der Waals surface area contributed by atoms with E-state index in [9.17, 15) is 4.79 Å². The minimum Gasteiger partial charge on any atom is -0.399 e. The molecule has 1 saturated heterocycles. The second kappa shape index (κ2) is 6.16. The van der Waals surface area contributed by atoms with Crippen molar-refractivity contribution in [3.8, 4) is 11.8 Å². The predicted octanol–water partition coefficient (Wildman–Crippen LogP) is 1.47. The van der Waals surface area contributed by atoms with E-state index in [2.05, 4.69) is 17.2 Å². The van der Waals surface area contributed by atoms with Crippen LogP contribution in [0.15, 0.2) is 24.3 Å². The number of carbonyl (C=O) groups is 1. The molecule has 1 heterocycles. The molecule has 2 rings (SSSR count). The second-order valence-electron chi connectivity index (χ2n) is 6.43. The molecular formula is C17H22BNO3. The maximum atomic E-state index is 10.8. The third-order valence-corrected chi connectivity index (χ3v) is 4.07. The largest absolute Gasteiger partial charge is 0.494 e. The highest BCUT2D eigenvalue weighted by Crippen LogP contribution is 2.36. The molecule has 0 aliphatic carbocycles. The maximum absolute atomic E-state index is 10.8. The fraction of sp³-hybridized carbons (Fsp3) is 0.471. The third kappa shape index (κ3) is 3.71. The van der Waals surface area contributed by atoms with E-state index >= 15 is 0 Å². The maximum Gasteiger partial charge on any atom is 0.494 e. The summed E-state index contributed by atoms with van der Waals surface area (Å²) in [6.07, 6.45) is 0. The monoisotopic (exact) mass is 299 g/mol. The van der Waals surface area contributed by atoms with Crippen molar-refractivity contribution >= 4 is 18.5 Å². The summed E-state index contributed by atoms with van der Waals surface area (Å²) in [7, 11) is -0.387. The van der Waals surface area contributed by atoms with E-state index in [0.29, 0.717) is 6.54 Å². The Kier molecular flexibility index (Phi) is 4.65. The van der Waals surface area contributed by atoms with Crippen molar-refractivity contribution in [1.29, 1.82) is 0 Å². The van der Waals surface area contributed by atoms with Crippen molar-refractivity contribution in [2.75, 3.05) is 6.54 Å². The molecule has 116 valence electrons. The molecule has 0 atom stereocenters. The van der Waals surface area contributed by atoms with Crippen molar-refractivity contribution in [2.24, 2.45) is 0 Å². The first-order chi connectivity index (χ1) is 10.2. The van der Waals surface area contributed by atoms with Gasteiger partial charge in [0.15, 0.2) is 0 Å². The fourth-order valence-electron chi connectivity index (χ4n) is 2.06. The Bertz CT molecular complexity index is 612. The number of nitrogens with one attached hydrogen (secondary N) is 1. The number of hydrogen-bond acceptors (Lipinski definition) is 3. The summed E-state index contributed by atoms with van der Waals surface area (Å²) < 4.78 is 12.1. The van der Waals surface area contributed by atoms with Gasteiger partial charge in [0.25, 0.3) is 0 Å². The van der Waals surface area contributed by atoms with E-state index < -0.39 is 0 Å². The first-order valence-corrected chi connectivity index (χ1v) is 7.40. The van der Waals surface area contributed by atoms with Gasteiger partial charge in [-0.15, -0.1) is 0 Å². The van der Waals surface area contributed by atoms with Crippen LogP contribution >= 0.6 is 0 Å². The van der Waals surface area contributed by atoms with E-state index in [4.69, 9.17) is 9.31 Å². The van der Waals surface area contributed by atoms with Crippen molar-refractivity contribution in [2.45, 2.75) is 45.8 Å². The summed E-state index contributed by atoms with van der Waals surface area (Å²) in [4.78, 5) is 10.8. The number of amides is 1. The molecule has 1 N–H and O–H groups in total. The molecule has 0 unspecified atom stereocenters. The van der Waals surface area contributed by atoms with Gasteiger partial charge < -0.3 is 14.6 Å². The van der Waals surface area contributed by atoms with Gasteiger partial charge in [0.05, 0.1) is 17.7 Å². The Morgan fingerprint density at radius 3 is 2.45 bits per heavy atom. The molecule has 1 amide bonds. The number of hydrogen-bond donors (Lipinski definition) is 1. The summed E-state index contributed by atoms with van der Waals surface area (Å²) in [5.74, 6) is 5.87. The Balaban J connectivity index is 2.11. The minimum absolute atomic E-state index is 0.0831. The van der Waals surface area contributed by atoms with Crippen LogP contribution < -0.4 is 10.8 Å². The molecule has 1 fully saturated rings. The quantitative estimate of drug-likeness (QED) is 0.664. The molecule has 22 heavy (non-hydrogen) atoms. The van der Waals surface area contributed by atoms with E-state index in [1.165, 1.54) is 6.92 Å². The summed E-state index contributed by atoms with van der Waals surface area (Å²) in [5, 5.41) is 2.65. The Labute approximate surface area is 132 Å². The molecule has 1 aromatic carbocycles. The van der Waals surface area contributed by atoms with Crippen molar-refractivity contribution < 1.29 is 14.1 Å². The highest BCUT2D eigenvalue weighted by molar-refractivity contribution is 6.62. The summed E-state index contributed by atoms with van der Waals surface area (Å²) >= 11 is 0. The van der Waals surface area contributed by atoms with Crippen LogP contribution in [0.4, 0.5) is 0 Å². The van der Waals surface area contributed by atoms with Crippen LogP contribution in [0, 0.1) is 11.8 Å². The zero-order valence-electron chi connectivity index (χ0n) is 13.8. The molecule has 1 aliphatic rings. The van der Waals surface area contributed by atoms with Crippen LogP contribution in [0.5, 0.6) is 0 Å². The lowest BCUT2D eigenvalue weighted by atomic mass is 9.78. The van der Waals surface area contributed by atoms with Gasteiger partial charge in [-0.3, -0.25) is 4.79 Å². The fourth-order valence-corrected chi connectivity index (χ4v) is 2.06. The van der Waals surface area contributed by atoms with Crippen molar-refractivity contribution in [1.82, 2.24) is 5.32 Å². The number of rotatable bonds is 2. The molecule has 0 saturated carbocycles. The van der Waals surface area contributed by atoms with Gasteiger partial charge in [-0.1, -0.05) is 24.0 Å². The van der Waals surface area contributed by atoms with Gasteiger partial charge in [-0.05, 0) is 45.3 Å². The third-order valence-electron chi connectivity index (χ3n) is 4.07. The first-order valence-electron chi connectivity index (χ1n) is 7.40. The lowest BCUT2D eigenvalue weighted by molar-refractivity contribution is -0.118. The minimum atomic E-state index is -0.387. The first kappa shape index (κ1) is 16.6. The standard InChI is InChI=1S/C17H22BNO3/c1-13(20)19-11-7-9-14-8-6-10-15(12-14)18-21-16(2,3)17(4,5)22-18/h6,8,10,12H,11H2,1-5H3,(H,19,20). The highest BCUT2D eigenvalue weighted by Gasteiger charge is 2.51. The Morgan fingerprint density at radius 1 is 1.23 bits per heavy atom. The average molecular weight is 299 g/mol. The Morgan fingerprint density at radius 2 is 1.86 bits per heavy atom. The lowest BCUT2D eigenvalue weighted by Gasteiger charge is -2.32. The van der Waals surface area contributed by atoms with Crippen LogP contribution in [0.25, 0.3) is 0 Å². The summed E-state index contributed by atoms with van der Waals surface area (Å²) in [5.41, 5.74) is 1.11. The lowest BCUT2D eigenvalue weighted by Crippen LogP contribution is -2.41. The van der Waals surface area contributed by atoms with Gasteiger partial charge >= 0.3 is 7.12 Å². The summed E-state index contributed by atoms with van der Waals surface area (Å²) in [6.45, 7) is 9.94. The predicted molar refractivity (Wildman–Crippen MR) is 87.7 cm³/mol. The van der Waals surface area contributed by atoms with Crippen molar-refractivity contribution in [3.63, 3.8) is 0 Å². The molecule has 1 aromatic rings. The molecule has 0 aromatic heterocycles. The normalized spacial score (nSPS) is 18.5. The molecule has 4 nitrogen and oxygen atoms in total. The van der Waals surface area contributed by atoms with Gasteiger partial charge in [0.2, 0.25) is 5.91 Å². The Hall–Kier alpha value is -1.77.